The van der Waals surface area contributed by atoms with Crippen molar-refractivity contribution < 1.29 is 4.74 Å². The second kappa shape index (κ2) is 9.12. The molecule has 126 valence electrons. The monoisotopic (exact) mass is 298 g/mol. The molecule has 0 aromatic rings. The average molecular weight is 299 g/mol. The van der Waals surface area contributed by atoms with Crippen LogP contribution in [0.15, 0.2) is 0 Å². The first-order valence-corrected chi connectivity index (χ1v) is 9.00. The van der Waals surface area contributed by atoms with Crippen molar-refractivity contribution in [3.63, 3.8) is 0 Å². The zero-order chi connectivity index (χ0) is 15.9. The molecule has 1 aliphatic carbocycles. The number of hydrogen-bond acceptors (Lipinski definition) is 3. The van der Waals surface area contributed by atoms with Gasteiger partial charge in [-0.05, 0) is 50.4 Å². The van der Waals surface area contributed by atoms with Gasteiger partial charge in [0.1, 0.15) is 0 Å². The fourth-order valence-corrected chi connectivity index (χ4v) is 4.18. The smallest absolute Gasteiger partial charge is 0.0590 e. The molecule has 0 bridgehead atoms. The van der Waals surface area contributed by atoms with Crippen molar-refractivity contribution in [2.45, 2.75) is 77.8 Å². The number of nitrogens with two attached hydrogens (primary N) is 1. The van der Waals surface area contributed by atoms with Gasteiger partial charge in [0.2, 0.25) is 0 Å². The van der Waals surface area contributed by atoms with E-state index in [1.807, 2.05) is 0 Å². The maximum Gasteiger partial charge on any atom is 0.0590 e. The Morgan fingerprint density at radius 1 is 1.19 bits per heavy atom. The molecule has 0 aromatic heterocycles. The first kappa shape index (κ1) is 18.9. The topological polar surface area (TPSA) is 38.5 Å². The molecule has 2 N–H and O–H groups in total. The van der Waals surface area contributed by atoms with Gasteiger partial charge in [-0.1, -0.05) is 27.7 Å². The molecule has 0 aliphatic heterocycles. The molecule has 1 fully saturated rings. The fourth-order valence-electron chi connectivity index (χ4n) is 4.18. The highest BCUT2D eigenvalue weighted by molar-refractivity contribution is 4.98. The third kappa shape index (κ3) is 4.67. The Morgan fingerprint density at radius 2 is 1.76 bits per heavy atom. The van der Waals surface area contributed by atoms with Crippen molar-refractivity contribution in [3.8, 4) is 0 Å². The van der Waals surface area contributed by atoms with E-state index in [1.54, 1.807) is 7.11 Å². The lowest BCUT2D eigenvalue weighted by Gasteiger charge is -2.51. The minimum absolute atomic E-state index is 0.209. The van der Waals surface area contributed by atoms with Crippen molar-refractivity contribution in [1.82, 2.24) is 4.90 Å². The molecule has 1 saturated carbocycles. The molecule has 3 nitrogen and oxygen atoms in total. The Kier molecular flexibility index (Phi) is 8.22. The van der Waals surface area contributed by atoms with Crippen LogP contribution >= 0.6 is 0 Å². The van der Waals surface area contributed by atoms with Crippen LogP contribution < -0.4 is 5.73 Å². The SMILES string of the molecule is CCC(CC)N(CCOC)C1(CN)CCC(C(C)C)CC1. The van der Waals surface area contributed by atoms with Gasteiger partial charge < -0.3 is 10.5 Å². The van der Waals surface area contributed by atoms with E-state index in [1.165, 1.54) is 38.5 Å². The molecule has 0 saturated heterocycles. The summed E-state index contributed by atoms with van der Waals surface area (Å²) in [6.45, 7) is 12.0. The largest absolute Gasteiger partial charge is 0.383 e. The van der Waals surface area contributed by atoms with E-state index in [0.717, 1.165) is 31.5 Å². The molecule has 0 aromatic carbocycles. The van der Waals surface area contributed by atoms with Gasteiger partial charge in [0.25, 0.3) is 0 Å². The second-order valence-corrected chi connectivity index (χ2v) is 7.17. The van der Waals surface area contributed by atoms with Crippen LogP contribution in [0, 0.1) is 11.8 Å². The number of ether oxygens (including phenoxy) is 1. The van der Waals surface area contributed by atoms with Gasteiger partial charge in [-0.15, -0.1) is 0 Å². The van der Waals surface area contributed by atoms with Crippen molar-refractivity contribution >= 4 is 0 Å². The van der Waals surface area contributed by atoms with Crippen molar-refractivity contribution in [2.75, 3.05) is 26.8 Å². The zero-order valence-corrected chi connectivity index (χ0v) is 15.0. The minimum atomic E-state index is 0.209. The molecule has 0 unspecified atom stereocenters. The Balaban J connectivity index is 2.85. The summed E-state index contributed by atoms with van der Waals surface area (Å²) in [5, 5.41) is 0. The minimum Gasteiger partial charge on any atom is -0.383 e. The fraction of sp³-hybridized carbons (Fsp3) is 1.00. The lowest BCUT2D eigenvalue weighted by Crippen LogP contribution is -2.60. The van der Waals surface area contributed by atoms with Gasteiger partial charge in [0.15, 0.2) is 0 Å². The van der Waals surface area contributed by atoms with Gasteiger partial charge in [-0.25, -0.2) is 0 Å². The van der Waals surface area contributed by atoms with E-state index in [-0.39, 0.29) is 5.54 Å². The number of nitrogens with zero attached hydrogens (tertiary/aromatic N) is 1. The Hall–Kier alpha value is -0.120. The third-order valence-electron chi connectivity index (χ3n) is 5.81. The van der Waals surface area contributed by atoms with Gasteiger partial charge in [0.05, 0.1) is 6.61 Å². The zero-order valence-electron chi connectivity index (χ0n) is 15.0. The van der Waals surface area contributed by atoms with Crippen LogP contribution in [0.1, 0.15) is 66.2 Å². The molecular formula is C18H38N2O. The van der Waals surface area contributed by atoms with Gasteiger partial charge in [0, 0.05) is 31.8 Å². The van der Waals surface area contributed by atoms with Gasteiger partial charge in [-0.2, -0.15) is 0 Å². The van der Waals surface area contributed by atoms with Crippen LogP contribution in [0.2, 0.25) is 0 Å². The van der Waals surface area contributed by atoms with E-state index in [9.17, 15) is 0 Å². The van der Waals surface area contributed by atoms with E-state index in [4.69, 9.17) is 10.5 Å². The first-order chi connectivity index (χ1) is 10.0. The average Bonchev–Trinajstić information content (AvgIpc) is 2.51. The lowest BCUT2D eigenvalue weighted by atomic mass is 9.71. The molecule has 0 radical (unpaired) electrons. The summed E-state index contributed by atoms with van der Waals surface area (Å²) in [5.74, 6) is 1.69. The molecule has 0 spiro atoms. The van der Waals surface area contributed by atoms with Gasteiger partial charge in [-0.3, -0.25) is 4.90 Å². The van der Waals surface area contributed by atoms with Gasteiger partial charge >= 0.3 is 0 Å². The predicted molar refractivity (Wildman–Crippen MR) is 91.5 cm³/mol. The number of rotatable bonds is 9. The van der Waals surface area contributed by atoms with E-state index in [2.05, 4.69) is 32.6 Å². The summed E-state index contributed by atoms with van der Waals surface area (Å²) < 4.78 is 5.37. The van der Waals surface area contributed by atoms with Crippen molar-refractivity contribution in [1.29, 1.82) is 0 Å². The quantitative estimate of drug-likeness (QED) is 0.706. The maximum absolute atomic E-state index is 6.30. The standard InChI is InChI=1S/C18H38N2O/c1-6-17(7-2)20(12-13-21-5)18(14-19)10-8-16(9-11-18)15(3)4/h15-17H,6-14,19H2,1-5H3. The summed E-state index contributed by atoms with van der Waals surface area (Å²) in [6.07, 6.45) is 7.58. The molecular weight excluding hydrogens is 260 g/mol. The highest BCUT2D eigenvalue weighted by Crippen LogP contribution is 2.40. The summed E-state index contributed by atoms with van der Waals surface area (Å²) >= 11 is 0. The lowest BCUT2D eigenvalue weighted by molar-refractivity contribution is -0.0156. The molecule has 0 amide bonds. The maximum atomic E-state index is 6.30. The van der Waals surface area contributed by atoms with Crippen molar-refractivity contribution in [2.24, 2.45) is 17.6 Å². The summed E-state index contributed by atoms with van der Waals surface area (Å²) in [6, 6.07) is 0.638. The van der Waals surface area contributed by atoms with Crippen LogP contribution in [0.5, 0.6) is 0 Å². The Morgan fingerprint density at radius 3 is 2.14 bits per heavy atom. The molecule has 21 heavy (non-hydrogen) atoms. The highest BCUT2D eigenvalue weighted by atomic mass is 16.5. The summed E-state index contributed by atoms with van der Waals surface area (Å²) in [7, 11) is 1.80. The van der Waals surface area contributed by atoms with Crippen LogP contribution in [0.3, 0.4) is 0 Å². The predicted octanol–water partition coefficient (Wildman–Crippen LogP) is 3.67. The first-order valence-electron chi connectivity index (χ1n) is 9.00. The third-order valence-corrected chi connectivity index (χ3v) is 5.81. The Labute approximate surface area is 132 Å². The molecule has 1 rings (SSSR count). The summed E-state index contributed by atoms with van der Waals surface area (Å²) in [4.78, 5) is 2.70. The number of methoxy groups -OCH3 is 1. The molecule has 0 heterocycles. The van der Waals surface area contributed by atoms with E-state index < -0.39 is 0 Å². The molecule has 1 aliphatic rings. The van der Waals surface area contributed by atoms with Crippen LogP contribution in [-0.4, -0.2) is 43.3 Å². The number of hydrogen-bond donors (Lipinski definition) is 1. The van der Waals surface area contributed by atoms with Crippen LogP contribution in [0.4, 0.5) is 0 Å². The van der Waals surface area contributed by atoms with Crippen molar-refractivity contribution in [3.05, 3.63) is 0 Å². The highest BCUT2D eigenvalue weighted by Gasteiger charge is 2.41. The molecule has 3 heteroatoms. The second-order valence-electron chi connectivity index (χ2n) is 7.17. The Bertz CT molecular complexity index is 268. The summed E-state index contributed by atoms with van der Waals surface area (Å²) in [5.41, 5.74) is 6.51. The van der Waals surface area contributed by atoms with E-state index in [0.29, 0.717) is 6.04 Å². The van der Waals surface area contributed by atoms with Crippen LogP contribution in [-0.2, 0) is 4.74 Å². The molecule has 0 atom stereocenters. The van der Waals surface area contributed by atoms with Crippen LogP contribution in [0.25, 0.3) is 0 Å². The normalized spacial score (nSPS) is 27.0. The van der Waals surface area contributed by atoms with E-state index >= 15 is 0 Å².